The van der Waals surface area contributed by atoms with Crippen molar-refractivity contribution in [2.45, 2.75) is 50.1 Å². The molecule has 2 unspecified atom stereocenters. The normalized spacial score (nSPS) is 28.0. The van der Waals surface area contributed by atoms with E-state index in [4.69, 9.17) is 18.8 Å². The molecule has 122 valence electrons. The Hall–Kier alpha value is -0.990. The molecule has 1 aromatic carbocycles. The molecule has 0 aromatic heterocycles. The Bertz CT molecular complexity index is 598. The molecule has 22 heavy (non-hydrogen) atoms. The lowest BCUT2D eigenvalue weighted by Gasteiger charge is -2.32. The van der Waals surface area contributed by atoms with Gasteiger partial charge in [-0.15, -0.1) is 0 Å². The van der Waals surface area contributed by atoms with Crippen molar-refractivity contribution in [1.82, 2.24) is 0 Å². The van der Waals surface area contributed by atoms with E-state index in [1.807, 2.05) is 30.3 Å². The van der Waals surface area contributed by atoms with Gasteiger partial charge in [0.2, 0.25) is 0 Å². The van der Waals surface area contributed by atoms with E-state index in [2.05, 4.69) is 0 Å². The first kappa shape index (κ1) is 15.9. The number of rotatable bonds is 4. The predicted octanol–water partition coefficient (Wildman–Crippen LogP) is 2.02. The van der Waals surface area contributed by atoms with Gasteiger partial charge < -0.3 is 9.47 Å². The van der Waals surface area contributed by atoms with Crippen LogP contribution in [-0.2, 0) is 24.0 Å². The number of benzene rings is 1. The molecule has 2 atom stereocenters. The Kier molecular flexibility index (Phi) is 4.52. The van der Waals surface area contributed by atoms with Crippen molar-refractivity contribution >= 4 is 10.3 Å². The third-order valence-corrected chi connectivity index (χ3v) is 4.65. The van der Waals surface area contributed by atoms with Crippen LogP contribution in [0.1, 0.15) is 43.8 Å². The average Bonchev–Trinajstić information content (AvgIpc) is 2.85. The van der Waals surface area contributed by atoms with Crippen molar-refractivity contribution in [3.8, 4) is 0 Å². The van der Waals surface area contributed by atoms with Crippen LogP contribution < -0.4 is 5.14 Å². The minimum atomic E-state index is -4.00. The molecule has 1 spiro atoms. The molecule has 1 aliphatic carbocycles. The monoisotopic (exact) mass is 327 g/mol. The summed E-state index contributed by atoms with van der Waals surface area (Å²) >= 11 is 0. The Morgan fingerprint density at radius 1 is 1.14 bits per heavy atom. The summed E-state index contributed by atoms with van der Waals surface area (Å²) in [6.45, 7) is -0.139. The summed E-state index contributed by atoms with van der Waals surface area (Å²) in [5.41, 5.74) is 0.952. The van der Waals surface area contributed by atoms with Crippen molar-refractivity contribution in [1.29, 1.82) is 0 Å². The second kappa shape index (κ2) is 6.25. The van der Waals surface area contributed by atoms with Crippen molar-refractivity contribution < 1.29 is 22.1 Å². The quantitative estimate of drug-likeness (QED) is 0.914. The van der Waals surface area contributed by atoms with Gasteiger partial charge in [0.25, 0.3) is 0 Å². The number of hydrogen-bond donors (Lipinski definition) is 1. The largest absolute Gasteiger partial charge is 0.341 e. The number of nitrogens with two attached hydrogens (primary N) is 1. The molecule has 3 rings (SSSR count). The molecule has 2 aliphatic rings. The summed E-state index contributed by atoms with van der Waals surface area (Å²) in [4.78, 5) is 0. The van der Waals surface area contributed by atoms with E-state index in [0.717, 1.165) is 31.2 Å². The van der Waals surface area contributed by atoms with Crippen LogP contribution in [0.5, 0.6) is 0 Å². The predicted molar refractivity (Wildman–Crippen MR) is 80.0 cm³/mol. The van der Waals surface area contributed by atoms with E-state index in [1.165, 1.54) is 6.42 Å². The van der Waals surface area contributed by atoms with Crippen molar-refractivity contribution in [2.24, 2.45) is 5.14 Å². The van der Waals surface area contributed by atoms with E-state index in [9.17, 15) is 8.42 Å². The Morgan fingerprint density at radius 3 is 2.45 bits per heavy atom. The zero-order valence-corrected chi connectivity index (χ0v) is 13.1. The number of ether oxygens (including phenoxy) is 2. The van der Waals surface area contributed by atoms with Gasteiger partial charge in [0, 0.05) is 12.8 Å². The summed E-state index contributed by atoms with van der Waals surface area (Å²) in [7, 11) is -4.00. The zero-order valence-electron chi connectivity index (χ0n) is 12.3. The summed E-state index contributed by atoms with van der Waals surface area (Å²) in [5.74, 6) is -0.620. The highest BCUT2D eigenvalue weighted by atomic mass is 32.2. The molecule has 6 nitrogen and oxygen atoms in total. The van der Waals surface area contributed by atoms with Crippen LogP contribution in [0.15, 0.2) is 30.3 Å². The topological polar surface area (TPSA) is 87.9 Å². The van der Waals surface area contributed by atoms with Crippen LogP contribution >= 0.6 is 0 Å². The van der Waals surface area contributed by atoms with Gasteiger partial charge in [-0.1, -0.05) is 36.8 Å². The molecule has 2 fully saturated rings. The van der Waals surface area contributed by atoms with E-state index in [1.54, 1.807) is 0 Å². The van der Waals surface area contributed by atoms with Crippen LogP contribution in [0, 0.1) is 0 Å². The van der Waals surface area contributed by atoms with Gasteiger partial charge in [0.15, 0.2) is 5.79 Å². The fraction of sp³-hybridized carbons (Fsp3) is 0.600. The molecule has 1 saturated heterocycles. The highest BCUT2D eigenvalue weighted by Crippen LogP contribution is 2.46. The lowest BCUT2D eigenvalue weighted by molar-refractivity contribution is -0.196. The Balaban J connectivity index is 1.80. The fourth-order valence-corrected chi connectivity index (χ4v) is 3.53. The lowest BCUT2D eigenvalue weighted by Crippen LogP contribution is -2.34. The Labute approximate surface area is 130 Å². The van der Waals surface area contributed by atoms with Crippen LogP contribution in [0.2, 0.25) is 0 Å². The maximum atomic E-state index is 11.1. The summed E-state index contributed by atoms with van der Waals surface area (Å²) in [6, 6.07) is 9.65. The van der Waals surface area contributed by atoms with E-state index in [-0.39, 0.29) is 12.7 Å². The maximum Gasteiger partial charge on any atom is 0.333 e. The SMILES string of the molecule is NS(=O)(=O)OCC1OC2(CCCCC2)OC1c1ccccc1. The minimum absolute atomic E-state index is 0.139. The summed E-state index contributed by atoms with van der Waals surface area (Å²) in [6.07, 6.45) is 4.07. The van der Waals surface area contributed by atoms with E-state index in [0.29, 0.717) is 0 Å². The van der Waals surface area contributed by atoms with Gasteiger partial charge in [-0.2, -0.15) is 8.42 Å². The standard InChI is InChI=1S/C15H21NO5S/c16-22(17,18)19-11-13-14(12-7-3-1-4-8-12)21-15(20-13)9-5-2-6-10-15/h1,3-4,7-8,13-14H,2,5-6,9-11H2,(H2,16,17,18). The highest BCUT2D eigenvalue weighted by Gasteiger charge is 2.48. The molecule has 7 heteroatoms. The smallest absolute Gasteiger partial charge is 0.333 e. The maximum absolute atomic E-state index is 11.1. The molecule has 1 aromatic rings. The van der Waals surface area contributed by atoms with Crippen LogP contribution in [0.25, 0.3) is 0 Å². The van der Waals surface area contributed by atoms with Crippen molar-refractivity contribution in [3.63, 3.8) is 0 Å². The Morgan fingerprint density at radius 2 is 1.82 bits per heavy atom. The summed E-state index contributed by atoms with van der Waals surface area (Å²) < 4.78 is 39.2. The molecular formula is C15H21NO5S. The minimum Gasteiger partial charge on any atom is -0.341 e. The molecular weight excluding hydrogens is 306 g/mol. The third kappa shape index (κ3) is 3.67. The molecule has 0 radical (unpaired) electrons. The van der Waals surface area contributed by atoms with Gasteiger partial charge >= 0.3 is 10.3 Å². The lowest BCUT2D eigenvalue weighted by atomic mass is 9.94. The molecule has 1 heterocycles. The van der Waals surface area contributed by atoms with Crippen LogP contribution in [0.4, 0.5) is 0 Å². The van der Waals surface area contributed by atoms with Gasteiger partial charge in [0.05, 0.1) is 6.61 Å². The van der Waals surface area contributed by atoms with Gasteiger partial charge in [0.1, 0.15) is 12.2 Å². The molecule has 1 saturated carbocycles. The number of hydrogen-bond acceptors (Lipinski definition) is 5. The molecule has 2 N–H and O–H groups in total. The van der Waals surface area contributed by atoms with Gasteiger partial charge in [-0.3, -0.25) is 4.18 Å². The second-order valence-corrected chi connectivity index (χ2v) is 7.08. The van der Waals surface area contributed by atoms with Gasteiger partial charge in [-0.05, 0) is 18.4 Å². The van der Waals surface area contributed by atoms with E-state index >= 15 is 0 Å². The average molecular weight is 327 g/mol. The molecule has 0 bridgehead atoms. The summed E-state index contributed by atoms with van der Waals surface area (Å²) in [5, 5.41) is 4.92. The molecule has 1 aliphatic heterocycles. The zero-order chi connectivity index (χ0) is 15.6. The van der Waals surface area contributed by atoms with Crippen LogP contribution in [0.3, 0.4) is 0 Å². The van der Waals surface area contributed by atoms with Crippen molar-refractivity contribution in [2.75, 3.05) is 6.61 Å². The second-order valence-electron chi connectivity index (χ2n) is 5.85. The fourth-order valence-electron chi connectivity index (χ4n) is 3.21. The van der Waals surface area contributed by atoms with E-state index < -0.39 is 22.2 Å². The van der Waals surface area contributed by atoms with Crippen LogP contribution in [-0.4, -0.2) is 26.9 Å². The molecule has 0 amide bonds. The first-order valence-electron chi connectivity index (χ1n) is 7.55. The first-order chi connectivity index (χ1) is 10.5. The first-order valence-corrected chi connectivity index (χ1v) is 9.02. The third-order valence-electron chi connectivity index (χ3n) is 4.19. The van der Waals surface area contributed by atoms with Gasteiger partial charge in [-0.25, -0.2) is 5.14 Å². The van der Waals surface area contributed by atoms with Crippen molar-refractivity contribution in [3.05, 3.63) is 35.9 Å². The highest BCUT2D eigenvalue weighted by molar-refractivity contribution is 7.84.